The summed E-state index contributed by atoms with van der Waals surface area (Å²) >= 11 is 0. The van der Waals surface area contributed by atoms with E-state index >= 15 is 0 Å². The number of aromatic nitrogens is 1. The minimum absolute atomic E-state index is 0.720. The molecule has 0 saturated heterocycles. The maximum absolute atomic E-state index is 2.50. The summed E-state index contributed by atoms with van der Waals surface area (Å²) in [5, 5.41) is 2.99. The molecule has 1 atom stereocenters. The summed E-state index contributed by atoms with van der Waals surface area (Å²) in [5.41, 5.74) is 1.39. The first-order valence-corrected chi connectivity index (χ1v) is 9.82. The van der Waals surface area contributed by atoms with Gasteiger partial charge in [0.05, 0.1) is 8.80 Å². The number of rotatable bonds is 6. The Balaban J connectivity index is 2.03. The van der Waals surface area contributed by atoms with Crippen LogP contribution in [0, 0.1) is 0 Å². The summed E-state index contributed by atoms with van der Waals surface area (Å²) in [7, 11) is 1.42. The van der Waals surface area contributed by atoms with Gasteiger partial charge in [0.1, 0.15) is 0 Å². The normalized spacial score (nSPS) is 13.1. The summed E-state index contributed by atoms with van der Waals surface area (Å²) in [4.78, 5) is 0. The summed E-state index contributed by atoms with van der Waals surface area (Å²) in [6, 6.07) is 10.7. The summed E-state index contributed by atoms with van der Waals surface area (Å²) in [5.74, 6) is 0. The number of nitrogens with zero attached hydrogens (tertiary/aromatic N) is 1. The maximum atomic E-state index is 2.50. The molecule has 2 rings (SSSR count). The number of aryl methyl sites for hydroxylation is 1. The van der Waals surface area contributed by atoms with E-state index in [0.29, 0.717) is 0 Å². The molecule has 0 radical (unpaired) electrons. The Kier molecular flexibility index (Phi) is 4.64. The zero-order valence-electron chi connectivity index (χ0n) is 11.9. The van der Waals surface area contributed by atoms with Crippen LogP contribution in [-0.4, -0.2) is 13.4 Å². The molecule has 0 aliphatic heterocycles. The SMILES string of the molecule is CCCCCC[Si@@H](C)c1ccc2ccn(C)c2c1. The lowest BCUT2D eigenvalue weighted by Crippen LogP contribution is -2.26. The Hall–Kier alpha value is -1.02. The predicted molar refractivity (Wildman–Crippen MR) is 84.5 cm³/mol. The number of benzene rings is 1. The zero-order valence-corrected chi connectivity index (χ0v) is 13.1. The van der Waals surface area contributed by atoms with Crippen molar-refractivity contribution in [3.05, 3.63) is 30.5 Å². The molecule has 0 unspecified atom stereocenters. The van der Waals surface area contributed by atoms with Gasteiger partial charge in [0.25, 0.3) is 0 Å². The Labute approximate surface area is 112 Å². The molecule has 2 aromatic rings. The minimum Gasteiger partial charge on any atom is -0.351 e. The molecule has 1 nitrogen and oxygen atoms in total. The molecule has 0 bridgehead atoms. The van der Waals surface area contributed by atoms with Gasteiger partial charge in [-0.05, 0) is 17.5 Å². The van der Waals surface area contributed by atoms with Gasteiger partial charge in [0.2, 0.25) is 0 Å². The predicted octanol–water partition coefficient (Wildman–Crippen LogP) is 3.82. The molecule has 0 N–H and O–H groups in total. The van der Waals surface area contributed by atoms with Crippen LogP contribution >= 0.6 is 0 Å². The lowest BCUT2D eigenvalue weighted by atomic mass is 10.2. The Bertz CT molecular complexity index is 501. The van der Waals surface area contributed by atoms with Gasteiger partial charge in [0, 0.05) is 18.8 Å². The van der Waals surface area contributed by atoms with E-state index in [0.717, 1.165) is 0 Å². The van der Waals surface area contributed by atoms with Crippen molar-refractivity contribution in [3.8, 4) is 0 Å². The Morgan fingerprint density at radius 3 is 2.72 bits per heavy atom. The number of hydrogen-bond donors (Lipinski definition) is 0. The van der Waals surface area contributed by atoms with Gasteiger partial charge < -0.3 is 4.57 Å². The van der Waals surface area contributed by atoms with Crippen molar-refractivity contribution in [2.24, 2.45) is 7.05 Å². The quantitative estimate of drug-likeness (QED) is 0.549. The number of fused-ring (bicyclic) bond motifs is 1. The van der Waals surface area contributed by atoms with Crippen LogP contribution in [0.25, 0.3) is 10.9 Å². The lowest BCUT2D eigenvalue weighted by Gasteiger charge is -2.11. The highest BCUT2D eigenvalue weighted by Gasteiger charge is 2.08. The van der Waals surface area contributed by atoms with Gasteiger partial charge in [-0.1, -0.05) is 62.5 Å². The average Bonchev–Trinajstić information content (AvgIpc) is 2.76. The molecule has 0 saturated carbocycles. The topological polar surface area (TPSA) is 4.93 Å². The average molecular weight is 259 g/mol. The van der Waals surface area contributed by atoms with Crippen molar-refractivity contribution >= 4 is 24.9 Å². The second-order valence-electron chi connectivity index (χ2n) is 5.50. The smallest absolute Gasteiger partial charge is 0.0678 e. The molecule has 0 aliphatic rings. The molecular formula is C16H25NSi. The van der Waals surface area contributed by atoms with Gasteiger partial charge in [-0.3, -0.25) is 0 Å². The monoisotopic (exact) mass is 259 g/mol. The maximum Gasteiger partial charge on any atom is 0.0678 e. The van der Waals surface area contributed by atoms with Crippen molar-refractivity contribution < 1.29 is 0 Å². The molecule has 1 heterocycles. The Morgan fingerprint density at radius 2 is 1.94 bits per heavy atom. The van der Waals surface area contributed by atoms with Crippen molar-refractivity contribution in [1.82, 2.24) is 4.57 Å². The van der Waals surface area contributed by atoms with Gasteiger partial charge in [-0.25, -0.2) is 0 Å². The first-order chi connectivity index (χ1) is 8.72. The summed E-state index contributed by atoms with van der Waals surface area (Å²) in [6.07, 6.45) is 7.73. The highest BCUT2D eigenvalue weighted by molar-refractivity contribution is 6.72. The fraction of sp³-hybridized carbons (Fsp3) is 0.500. The van der Waals surface area contributed by atoms with Crippen LogP contribution in [0.15, 0.2) is 30.5 Å². The molecule has 2 heteroatoms. The fourth-order valence-corrected chi connectivity index (χ4v) is 4.73. The molecule has 1 aromatic heterocycles. The molecule has 0 aliphatic carbocycles. The van der Waals surface area contributed by atoms with Gasteiger partial charge in [-0.15, -0.1) is 0 Å². The largest absolute Gasteiger partial charge is 0.351 e. The fourth-order valence-electron chi connectivity index (χ4n) is 2.63. The third-order valence-electron chi connectivity index (χ3n) is 3.97. The highest BCUT2D eigenvalue weighted by atomic mass is 28.3. The molecule has 98 valence electrons. The van der Waals surface area contributed by atoms with E-state index < -0.39 is 8.80 Å². The van der Waals surface area contributed by atoms with Crippen LogP contribution in [0.5, 0.6) is 0 Å². The Morgan fingerprint density at radius 1 is 1.11 bits per heavy atom. The highest BCUT2D eigenvalue weighted by Crippen LogP contribution is 2.14. The van der Waals surface area contributed by atoms with E-state index in [1.54, 1.807) is 5.19 Å². The third kappa shape index (κ3) is 3.05. The van der Waals surface area contributed by atoms with Crippen molar-refractivity contribution in [1.29, 1.82) is 0 Å². The second kappa shape index (κ2) is 6.23. The third-order valence-corrected chi connectivity index (χ3v) is 6.74. The van der Waals surface area contributed by atoms with Crippen molar-refractivity contribution in [2.75, 3.05) is 0 Å². The molecule has 0 fully saturated rings. The lowest BCUT2D eigenvalue weighted by molar-refractivity contribution is 0.699. The van der Waals surface area contributed by atoms with Gasteiger partial charge in [-0.2, -0.15) is 0 Å². The van der Waals surface area contributed by atoms with Crippen LogP contribution in [0.2, 0.25) is 12.6 Å². The van der Waals surface area contributed by atoms with Crippen molar-refractivity contribution in [3.63, 3.8) is 0 Å². The van der Waals surface area contributed by atoms with E-state index in [1.165, 1.54) is 42.6 Å². The molecule has 18 heavy (non-hydrogen) atoms. The van der Waals surface area contributed by atoms with Gasteiger partial charge in [0.15, 0.2) is 0 Å². The number of hydrogen-bond acceptors (Lipinski definition) is 0. The molecular weight excluding hydrogens is 234 g/mol. The standard InChI is InChI=1S/C16H25NSi/c1-4-5-6-7-12-18(3)15-9-8-14-10-11-17(2)16(14)13-15/h8-11,13,18H,4-7,12H2,1-3H3/t18-/m1/s1. The zero-order chi connectivity index (χ0) is 13.0. The van der Waals surface area contributed by atoms with Crippen molar-refractivity contribution in [2.45, 2.75) is 45.2 Å². The van der Waals surface area contributed by atoms with E-state index in [4.69, 9.17) is 0 Å². The second-order valence-corrected chi connectivity index (χ2v) is 8.54. The van der Waals surface area contributed by atoms with Gasteiger partial charge >= 0.3 is 0 Å². The first-order valence-electron chi connectivity index (χ1n) is 7.27. The van der Waals surface area contributed by atoms with E-state index in [1.807, 2.05) is 0 Å². The van der Waals surface area contributed by atoms with Crippen LogP contribution in [0.1, 0.15) is 32.6 Å². The minimum atomic E-state index is -0.720. The van der Waals surface area contributed by atoms with Crippen LogP contribution in [0.4, 0.5) is 0 Å². The van der Waals surface area contributed by atoms with Crippen LogP contribution < -0.4 is 5.19 Å². The molecule has 1 aromatic carbocycles. The van der Waals surface area contributed by atoms with E-state index in [2.05, 4.69) is 55.5 Å². The first kappa shape index (κ1) is 13.4. The number of unbranched alkanes of at least 4 members (excludes halogenated alkanes) is 3. The van der Waals surface area contributed by atoms with E-state index in [-0.39, 0.29) is 0 Å². The van der Waals surface area contributed by atoms with Crippen LogP contribution in [0.3, 0.4) is 0 Å². The summed E-state index contributed by atoms with van der Waals surface area (Å²) in [6.45, 7) is 4.78. The van der Waals surface area contributed by atoms with Crippen LogP contribution in [-0.2, 0) is 7.05 Å². The summed E-state index contributed by atoms with van der Waals surface area (Å²) < 4.78 is 2.23. The molecule has 0 amide bonds. The van der Waals surface area contributed by atoms with E-state index in [9.17, 15) is 0 Å². The molecule has 0 spiro atoms.